The van der Waals surface area contributed by atoms with Gasteiger partial charge in [-0.1, -0.05) is 41.9 Å². The van der Waals surface area contributed by atoms with Crippen LogP contribution in [0.2, 0.25) is 5.02 Å². The molecule has 3 nitrogen and oxygen atoms in total. The molecule has 0 aromatic heterocycles. The Kier molecular flexibility index (Phi) is 4.30. The number of carbonyl (C=O) groups excluding carboxylic acids is 1. The summed E-state index contributed by atoms with van der Waals surface area (Å²) in [4.78, 5) is 12.3. The van der Waals surface area contributed by atoms with Crippen molar-refractivity contribution in [3.05, 3.63) is 64.2 Å². The zero-order valence-corrected chi connectivity index (χ0v) is 12.2. The van der Waals surface area contributed by atoms with Gasteiger partial charge in [0.1, 0.15) is 0 Å². The third kappa shape index (κ3) is 2.94. The first-order valence-electron chi connectivity index (χ1n) is 6.41. The second kappa shape index (κ2) is 5.97. The predicted octanol–water partition coefficient (Wildman–Crippen LogP) is 3.72. The number of halogens is 1. The second-order valence-corrected chi connectivity index (χ2v) is 5.16. The average Bonchev–Trinajstić information content (AvgIpc) is 2.38. The standard InChI is InChI=1S/C16H17ClN2O/c1-10-6-3-4-7-12(10)11(2)19-16(20)15-13(17)8-5-9-14(15)18/h3-9,11H,18H2,1-2H3,(H,19,20). The van der Waals surface area contributed by atoms with E-state index in [-0.39, 0.29) is 11.9 Å². The molecule has 0 radical (unpaired) electrons. The molecule has 0 spiro atoms. The van der Waals surface area contributed by atoms with E-state index in [2.05, 4.69) is 5.32 Å². The van der Waals surface area contributed by atoms with Crippen LogP contribution in [-0.4, -0.2) is 5.91 Å². The zero-order valence-electron chi connectivity index (χ0n) is 11.5. The van der Waals surface area contributed by atoms with Gasteiger partial charge in [-0.05, 0) is 37.1 Å². The highest BCUT2D eigenvalue weighted by molar-refractivity contribution is 6.34. The Balaban J connectivity index is 2.22. The lowest BCUT2D eigenvalue weighted by molar-refractivity contribution is 0.0941. The SMILES string of the molecule is Cc1ccccc1C(C)NC(=O)c1c(N)cccc1Cl. The van der Waals surface area contributed by atoms with Crippen molar-refractivity contribution >= 4 is 23.2 Å². The fourth-order valence-corrected chi connectivity index (χ4v) is 2.47. The highest BCUT2D eigenvalue weighted by Crippen LogP contribution is 2.23. The molecule has 0 aliphatic carbocycles. The number of hydrogen-bond donors (Lipinski definition) is 2. The quantitative estimate of drug-likeness (QED) is 0.846. The number of benzene rings is 2. The largest absolute Gasteiger partial charge is 0.398 e. The van der Waals surface area contributed by atoms with Gasteiger partial charge in [0.15, 0.2) is 0 Å². The summed E-state index contributed by atoms with van der Waals surface area (Å²) >= 11 is 6.04. The molecule has 0 fully saturated rings. The lowest BCUT2D eigenvalue weighted by atomic mass is 10.0. The summed E-state index contributed by atoms with van der Waals surface area (Å²) in [5, 5.41) is 3.29. The molecule has 2 aromatic rings. The van der Waals surface area contributed by atoms with Gasteiger partial charge >= 0.3 is 0 Å². The number of nitrogens with two attached hydrogens (primary N) is 1. The van der Waals surface area contributed by atoms with Crippen LogP contribution in [0.15, 0.2) is 42.5 Å². The third-order valence-electron chi connectivity index (χ3n) is 3.28. The van der Waals surface area contributed by atoms with Crippen LogP contribution in [0.4, 0.5) is 5.69 Å². The van der Waals surface area contributed by atoms with Gasteiger partial charge < -0.3 is 11.1 Å². The molecule has 3 N–H and O–H groups in total. The number of rotatable bonds is 3. The molecule has 0 heterocycles. The van der Waals surface area contributed by atoms with Crippen molar-refractivity contribution in [3.63, 3.8) is 0 Å². The molecule has 0 saturated carbocycles. The number of nitrogens with one attached hydrogen (secondary N) is 1. The molecule has 0 saturated heterocycles. The number of hydrogen-bond acceptors (Lipinski definition) is 2. The van der Waals surface area contributed by atoms with Crippen molar-refractivity contribution in [3.8, 4) is 0 Å². The molecule has 1 unspecified atom stereocenters. The summed E-state index contributed by atoms with van der Waals surface area (Å²) in [5.74, 6) is -0.260. The molecule has 0 aliphatic heterocycles. The number of nitrogen functional groups attached to an aromatic ring is 1. The van der Waals surface area contributed by atoms with E-state index < -0.39 is 0 Å². The Morgan fingerprint density at radius 1 is 1.20 bits per heavy atom. The summed E-state index contributed by atoms with van der Waals surface area (Å²) < 4.78 is 0. The van der Waals surface area contributed by atoms with E-state index in [1.54, 1.807) is 18.2 Å². The molecule has 1 atom stereocenters. The maximum absolute atomic E-state index is 12.3. The summed E-state index contributed by atoms with van der Waals surface area (Å²) in [5.41, 5.74) is 8.74. The van der Waals surface area contributed by atoms with Crippen LogP contribution in [-0.2, 0) is 0 Å². The van der Waals surface area contributed by atoms with Crippen LogP contribution in [0, 0.1) is 6.92 Å². The van der Waals surface area contributed by atoms with E-state index in [9.17, 15) is 4.79 Å². The zero-order chi connectivity index (χ0) is 14.7. The van der Waals surface area contributed by atoms with Crippen LogP contribution in [0.25, 0.3) is 0 Å². The number of aryl methyl sites for hydroxylation is 1. The monoisotopic (exact) mass is 288 g/mol. The van der Waals surface area contributed by atoms with Crippen molar-refractivity contribution in [2.45, 2.75) is 19.9 Å². The Morgan fingerprint density at radius 2 is 1.90 bits per heavy atom. The van der Waals surface area contributed by atoms with Crippen molar-refractivity contribution < 1.29 is 4.79 Å². The van der Waals surface area contributed by atoms with E-state index in [1.165, 1.54) is 0 Å². The van der Waals surface area contributed by atoms with E-state index >= 15 is 0 Å². The minimum absolute atomic E-state index is 0.112. The molecule has 2 aromatic carbocycles. The molecule has 104 valence electrons. The molecule has 20 heavy (non-hydrogen) atoms. The number of anilines is 1. The summed E-state index contributed by atoms with van der Waals surface area (Å²) in [6.45, 7) is 3.95. The van der Waals surface area contributed by atoms with E-state index in [0.29, 0.717) is 16.3 Å². The van der Waals surface area contributed by atoms with Crippen molar-refractivity contribution in [1.29, 1.82) is 0 Å². The van der Waals surface area contributed by atoms with Gasteiger partial charge in [-0.3, -0.25) is 4.79 Å². The van der Waals surface area contributed by atoms with Crippen molar-refractivity contribution in [1.82, 2.24) is 5.32 Å². The predicted molar refractivity (Wildman–Crippen MR) is 82.9 cm³/mol. The van der Waals surface area contributed by atoms with Crippen LogP contribution in [0.5, 0.6) is 0 Å². The maximum atomic E-state index is 12.3. The topological polar surface area (TPSA) is 55.1 Å². The first kappa shape index (κ1) is 14.4. The molecule has 0 aliphatic rings. The van der Waals surface area contributed by atoms with Gasteiger partial charge in [-0.2, -0.15) is 0 Å². The fourth-order valence-electron chi connectivity index (χ4n) is 2.20. The lowest BCUT2D eigenvalue weighted by Crippen LogP contribution is -2.28. The molecular weight excluding hydrogens is 272 g/mol. The number of carbonyl (C=O) groups is 1. The van der Waals surface area contributed by atoms with Crippen molar-refractivity contribution in [2.75, 3.05) is 5.73 Å². The minimum Gasteiger partial charge on any atom is -0.398 e. The Hall–Kier alpha value is -2.00. The molecule has 0 bridgehead atoms. The van der Waals surface area contributed by atoms with E-state index in [4.69, 9.17) is 17.3 Å². The molecule has 1 amide bonds. The smallest absolute Gasteiger partial charge is 0.255 e. The van der Waals surface area contributed by atoms with Crippen molar-refractivity contribution in [2.24, 2.45) is 0 Å². The van der Waals surface area contributed by atoms with Gasteiger partial charge in [0.05, 0.1) is 16.6 Å². The summed E-state index contributed by atoms with van der Waals surface area (Å²) in [6.07, 6.45) is 0. The average molecular weight is 289 g/mol. The second-order valence-electron chi connectivity index (χ2n) is 4.76. The van der Waals surface area contributed by atoms with Gasteiger partial charge in [0, 0.05) is 5.69 Å². The molecule has 2 rings (SSSR count). The highest BCUT2D eigenvalue weighted by Gasteiger charge is 2.17. The highest BCUT2D eigenvalue weighted by atomic mass is 35.5. The molecular formula is C16H17ClN2O. The fraction of sp³-hybridized carbons (Fsp3) is 0.188. The van der Waals surface area contributed by atoms with Crippen LogP contribution >= 0.6 is 11.6 Å². The molecule has 4 heteroatoms. The Morgan fingerprint density at radius 3 is 2.55 bits per heavy atom. The normalized spacial score (nSPS) is 11.9. The van der Waals surface area contributed by atoms with Gasteiger partial charge in [0.25, 0.3) is 5.91 Å². The number of amides is 1. The first-order valence-corrected chi connectivity index (χ1v) is 6.79. The summed E-state index contributed by atoms with van der Waals surface area (Å²) in [6, 6.07) is 12.9. The lowest BCUT2D eigenvalue weighted by Gasteiger charge is -2.17. The first-order chi connectivity index (χ1) is 9.50. The van der Waals surface area contributed by atoms with Gasteiger partial charge in [-0.15, -0.1) is 0 Å². The van der Waals surface area contributed by atoms with Crippen LogP contribution < -0.4 is 11.1 Å². The van der Waals surface area contributed by atoms with E-state index in [0.717, 1.165) is 11.1 Å². The third-order valence-corrected chi connectivity index (χ3v) is 3.59. The van der Waals surface area contributed by atoms with Crippen LogP contribution in [0.1, 0.15) is 34.5 Å². The maximum Gasteiger partial charge on any atom is 0.255 e. The minimum atomic E-state index is -0.260. The summed E-state index contributed by atoms with van der Waals surface area (Å²) in [7, 11) is 0. The van der Waals surface area contributed by atoms with Crippen LogP contribution in [0.3, 0.4) is 0 Å². The van der Waals surface area contributed by atoms with E-state index in [1.807, 2.05) is 38.1 Å². The van der Waals surface area contributed by atoms with Gasteiger partial charge in [-0.25, -0.2) is 0 Å². The van der Waals surface area contributed by atoms with Gasteiger partial charge in [0.2, 0.25) is 0 Å². The Bertz CT molecular complexity index is 620. The Labute approximate surface area is 123 Å².